The van der Waals surface area contributed by atoms with Crippen LogP contribution in [0.3, 0.4) is 0 Å². The maximum Gasteiger partial charge on any atom is 0.238 e. The Bertz CT molecular complexity index is 4810. The van der Waals surface area contributed by atoms with E-state index in [-0.39, 0.29) is 0 Å². The summed E-state index contributed by atoms with van der Waals surface area (Å²) in [5.74, 6) is 3.50. The van der Waals surface area contributed by atoms with Gasteiger partial charge in [-0.05, 0) is 75.8 Å². The predicted molar refractivity (Wildman–Crippen MR) is 326 cm³/mol. The maximum absolute atomic E-state index is 5.62. The summed E-state index contributed by atoms with van der Waals surface area (Å²) in [5, 5.41) is 4.42. The summed E-state index contributed by atoms with van der Waals surface area (Å²) in [4.78, 5) is 31.6. The van der Waals surface area contributed by atoms with Gasteiger partial charge in [-0.1, -0.05) is 237 Å². The molecule has 0 N–H and O–H groups in total. The van der Waals surface area contributed by atoms with Crippen molar-refractivity contribution in [3.8, 4) is 79.7 Å². The molecule has 0 atom stereocenters. The molecule has 0 amide bonds. The van der Waals surface area contributed by atoms with Gasteiger partial charge >= 0.3 is 0 Å². The Kier molecular flexibility index (Phi) is 10.6. The molecule has 0 bridgehead atoms. The smallest absolute Gasteiger partial charge is 0.238 e. The minimum Gasteiger partial charge on any atom is -0.307 e. The van der Waals surface area contributed by atoms with E-state index in [0.717, 1.165) is 77.1 Å². The lowest BCUT2D eigenvalue weighted by molar-refractivity contribution is 0.768. The number of rotatable bonds is 9. The summed E-state index contributed by atoms with van der Waals surface area (Å²) in [6.45, 7) is 0. The zero-order chi connectivity index (χ0) is 53.4. The second-order valence-corrected chi connectivity index (χ2v) is 20.6. The van der Waals surface area contributed by atoms with Gasteiger partial charge in [0.15, 0.2) is 29.1 Å². The third kappa shape index (κ3) is 7.31. The fraction of sp³-hybridized carbons (Fsp3) is 0.0137. The third-order valence-electron chi connectivity index (χ3n) is 16.1. The van der Waals surface area contributed by atoms with Crippen LogP contribution in [0.2, 0.25) is 0 Å². The standard InChI is InChI=1S/C73H46N8/c1-6-22-47(23-7-1)67-74-68(48-24-8-2-9-25-48)76-69(75-67)50-38-41-54(42-39-50)80-63-36-20-17-33-57(63)59-44-45-60-58-34-18-21-37-64(58)81(66(60)65(59)80)72-78-70(49-26-10-3-11-27-49)77-71(79-72)51-40-43-56-55-32-16-19-35-61(55)73(62(56)46-51,52-28-12-4-13-29-52)53-30-14-5-15-31-53/h1-46H. The molecule has 0 fully saturated rings. The summed E-state index contributed by atoms with van der Waals surface area (Å²) in [5.41, 5.74) is 16.2. The number of benzene rings is 11. The van der Waals surface area contributed by atoms with Gasteiger partial charge in [-0.25, -0.2) is 19.9 Å². The topological polar surface area (TPSA) is 87.2 Å². The van der Waals surface area contributed by atoms with Gasteiger partial charge in [0.1, 0.15) is 0 Å². The van der Waals surface area contributed by atoms with E-state index in [9.17, 15) is 0 Å². The highest BCUT2D eigenvalue weighted by Crippen LogP contribution is 2.57. The molecule has 0 saturated carbocycles. The Morgan fingerprint density at radius 3 is 1.17 bits per heavy atom. The minimum absolute atomic E-state index is 0.518. The number of fused-ring (bicyclic) bond motifs is 10. The van der Waals surface area contributed by atoms with Gasteiger partial charge in [-0.2, -0.15) is 9.97 Å². The van der Waals surface area contributed by atoms with Crippen LogP contribution in [0, 0.1) is 0 Å². The average molecular weight is 1040 g/mol. The molecule has 378 valence electrons. The Hall–Kier alpha value is -11.0. The molecule has 0 saturated heterocycles. The van der Waals surface area contributed by atoms with Gasteiger partial charge in [0.05, 0.1) is 27.5 Å². The lowest BCUT2D eigenvalue weighted by Gasteiger charge is -2.34. The maximum atomic E-state index is 5.62. The van der Waals surface area contributed by atoms with Crippen LogP contribution in [0.25, 0.3) is 123 Å². The van der Waals surface area contributed by atoms with Gasteiger partial charge in [0, 0.05) is 55.0 Å². The highest BCUT2D eigenvalue weighted by molar-refractivity contribution is 6.23. The summed E-state index contributed by atoms with van der Waals surface area (Å²) < 4.78 is 4.65. The van der Waals surface area contributed by atoms with E-state index in [1.807, 2.05) is 78.9 Å². The molecule has 8 nitrogen and oxygen atoms in total. The predicted octanol–water partition coefficient (Wildman–Crippen LogP) is 16.9. The summed E-state index contributed by atoms with van der Waals surface area (Å²) in [6, 6.07) is 98.2. The minimum atomic E-state index is -0.603. The largest absolute Gasteiger partial charge is 0.307 e. The van der Waals surface area contributed by atoms with Crippen molar-refractivity contribution in [3.63, 3.8) is 0 Å². The van der Waals surface area contributed by atoms with Crippen LogP contribution < -0.4 is 0 Å². The van der Waals surface area contributed by atoms with Gasteiger partial charge in [-0.15, -0.1) is 0 Å². The van der Waals surface area contributed by atoms with Crippen molar-refractivity contribution >= 4 is 43.6 Å². The molecule has 16 rings (SSSR count). The van der Waals surface area contributed by atoms with Crippen LogP contribution in [-0.4, -0.2) is 39.0 Å². The van der Waals surface area contributed by atoms with Crippen molar-refractivity contribution < 1.29 is 0 Å². The first-order valence-corrected chi connectivity index (χ1v) is 27.3. The van der Waals surface area contributed by atoms with Crippen molar-refractivity contribution in [1.82, 2.24) is 39.0 Å². The van der Waals surface area contributed by atoms with E-state index in [2.05, 4.69) is 209 Å². The molecule has 4 aromatic heterocycles. The van der Waals surface area contributed by atoms with Crippen molar-refractivity contribution in [2.45, 2.75) is 5.41 Å². The SMILES string of the molecule is c1ccc(-c2nc(-c3ccccc3)nc(-c3ccc(-n4c5ccccc5c5ccc6c7ccccc7n(-c7nc(-c8ccccc8)nc(-c8ccc9c(c8)C(c8ccccc8)(c8ccccc8)c8ccccc8-9)n7)c6c54)cc3)n2)cc1. The Morgan fingerprint density at radius 2 is 0.642 bits per heavy atom. The lowest BCUT2D eigenvalue weighted by atomic mass is 9.67. The number of para-hydroxylation sites is 2. The molecule has 4 heterocycles. The van der Waals surface area contributed by atoms with E-state index in [1.165, 1.54) is 33.4 Å². The van der Waals surface area contributed by atoms with E-state index < -0.39 is 5.41 Å². The van der Waals surface area contributed by atoms with E-state index >= 15 is 0 Å². The second kappa shape index (κ2) is 18.6. The van der Waals surface area contributed by atoms with Crippen molar-refractivity contribution in [2.75, 3.05) is 0 Å². The number of hydrogen-bond donors (Lipinski definition) is 0. The highest BCUT2D eigenvalue weighted by Gasteiger charge is 2.46. The molecular formula is C73H46N8. The third-order valence-corrected chi connectivity index (χ3v) is 16.1. The van der Waals surface area contributed by atoms with Gasteiger partial charge in [0.25, 0.3) is 0 Å². The Balaban J connectivity index is 0.923. The first kappa shape index (κ1) is 46.2. The molecule has 0 aliphatic heterocycles. The zero-order valence-electron chi connectivity index (χ0n) is 43.6. The van der Waals surface area contributed by atoms with Crippen molar-refractivity contribution in [3.05, 3.63) is 301 Å². The first-order valence-electron chi connectivity index (χ1n) is 27.3. The quantitative estimate of drug-likeness (QED) is 0.143. The highest BCUT2D eigenvalue weighted by atomic mass is 15.2. The summed E-state index contributed by atoms with van der Waals surface area (Å²) in [7, 11) is 0. The molecule has 0 unspecified atom stereocenters. The van der Waals surface area contributed by atoms with Gasteiger partial charge < -0.3 is 4.57 Å². The monoisotopic (exact) mass is 1030 g/mol. The molecule has 1 aliphatic rings. The van der Waals surface area contributed by atoms with Crippen molar-refractivity contribution in [1.29, 1.82) is 0 Å². The fourth-order valence-electron chi connectivity index (χ4n) is 12.6. The normalized spacial score (nSPS) is 12.5. The number of nitrogens with zero attached hydrogens (tertiary/aromatic N) is 8. The second-order valence-electron chi connectivity index (χ2n) is 20.6. The molecular weight excluding hydrogens is 989 g/mol. The van der Waals surface area contributed by atoms with Crippen LogP contribution >= 0.6 is 0 Å². The van der Waals surface area contributed by atoms with E-state index in [4.69, 9.17) is 29.9 Å². The Morgan fingerprint density at radius 1 is 0.259 bits per heavy atom. The number of aromatic nitrogens is 8. The molecule has 8 heteroatoms. The van der Waals surface area contributed by atoms with Crippen LogP contribution in [0.4, 0.5) is 0 Å². The Labute approximate surface area is 466 Å². The lowest BCUT2D eigenvalue weighted by Crippen LogP contribution is -2.28. The van der Waals surface area contributed by atoms with E-state index in [1.54, 1.807) is 0 Å². The van der Waals surface area contributed by atoms with Crippen LogP contribution in [0.1, 0.15) is 22.3 Å². The number of hydrogen-bond acceptors (Lipinski definition) is 6. The molecule has 0 radical (unpaired) electrons. The fourth-order valence-corrected chi connectivity index (χ4v) is 12.6. The zero-order valence-corrected chi connectivity index (χ0v) is 43.6. The van der Waals surface area contributed by atoms with Crippen LogP contribution in [-0.2, 0) is 5.41 Å². The van der Waals surface area contributed by atoms with Crippen LogP contribution in [0.5, 0.6) is 0 Å². The molecule has 1 aliphatic carbocycles. The van der Waals surface area contributed by atoms with E-state index in [0.29, 0.717) is 35.1 Å². The summed E-state index contributed by atoms with van der Waals surface area (Å²) in [6.07, 6.45) is 0. The molecule has 11 aromatic carbocycles. The van der Waals surface area contributed by atoms with Gasteiger partial charge in [0.2, 0.25) is 5.95 Å². The van der Waals surface area contributed by atoms with Crippen molar-refractivity contribution in [2.24, 2.45) is 0 Å². The molecule has 81 heavy (non-hydrogen) atoms. The van der Waals surface area contributed by atoms with Crippen LogP contribution in [0.15, 0.2) is 279 Å². The molecule has 0 spiro atoms. The van der Waals surface area contributed by atoms with Gasteiger partial charge in [-0.3, -0.25) is 4.57 Å². The average Bonchev–Trinajstić information content (AvgIpc) is 3.47. The summed E-state index contributed by atoms with van der Waals surface area (Å²) >= 11 is 0. The molecule has 15 aromatic rings. The first-order chi connectivity index (χ1) is 40.2.